The van der Waals surface area contributed by atoms with Crippen LogP contribution in [0.5, 0.6) is 0 Å². The number of thioether (sulfide) groups is 1. The van der Waals surface area contributed by atoms with Gasteiger partial charge in [-0.15, -0.1) is 11.8 Å². The average Bonchev–Trinajstić information content (AvgIpc) is 3.25. The van der Waals surface area contributed by atoms with Crippen molar-refractivity contribution in [3.8, 4) is 0 Å². The third kappa shape index (κ3) is 5.99. The second-order valence-electron chi connectivity index (χ2n) is 7.84. The van der Waals surface area contributed by atoms with E-state index < -0.39 is 0 Å². The Morgan fingerprint density at radius 3 is 2.69 bits per heavy atom. The molecule has 1 saturated heterocycles. The van der Waals surface area contributed by atoms with Gasteiger partial charge in [-0.2, -0.15) is 0 Å². The number of hydrogen-bond acceptors (Lipinski definition) is 6. The number of rotatable bonds is 9. The molecule has 1 aliphatic rings. The first-order chi connectivity index (χ1) is 15.6. The maximum absolute atomic E-state index is 12.9. The van der Waals surface area contributed by atoms with Gasteiger partial charge < -0.3 is 10.2 Å². The monoisotopic (exact) mass is 472 g/mol. The fraction of sp³-hybridized carbons (Fsp3) is 0.417. The van der Waals surface area contributed by atoms with Crippen LogP contribution in [0.2, 0.25) is 0 Å². The van der Waals surface area contributed by atoms with Crippen LogP contribution in [0.1, 0.15) is 18.9 Å². The molecule has 2 aromatic carbocycles. The highest BCUT2D eigenvalue weighted by molar-refractivity contribution is 7.99. The summed E-state index contributed by atoms with van der Waals surface area (Å²) < 4.78 is 14.2. The molecular weight excluding hydrogens is 443 g/mol. The quantitative estimate of drug-likeness (QED) is 0.467. The number of amides is 1. The van der Waals surface area contributed by atoms with Crippen molar-refractivity contribution in [3.63, 3.8) is 0 Å². The number of fused-ring (bicyclic) bond motifs is 1. The first kappa shape index (κ1) is 23.0. The molecule has 1 amide bonds. The molecule has 4 rings (SSSR count). The highest BCUT2D eigenvalue weighted by Gasteiger charge is 2.20. The maximum atomic E-state index is 12.9. The summed E-state index contributed by atoms with van der Waals surface area (Å²) >= 11 is 3.35. The second kappa shape index (κ2) is 11.1. The summed E-state index contributed by atoms with van der Waals surface area (Å²) in [5.41, 5.74) is 2.47. The number of nitrogens with one attached hydrogen (secondary N) is 1. The van der Waals surface area contributed by atoms with Gasteiger partial charge in [0.25, 0.3) is 0 Å². The Morgan fingerprint density at radius 1 is 1.16 bits per heavy atom. The van der Waals surface area contributed by atoms with Crippen molar-refractivity contribution in [3.05, 3.63) is 53.8 Å². The lowest BCUT2D eigenvalue weighted by Gasteiger charge is -2.34. The summed E-state index contributed by atoms with van der Waals surface area (Å²) in [6.45, 7) is 7.59. The zero-order valence-corrected chi connectivity index (χ0v) is 20.0. The summed E-state index contributed by atoms with van der Waals surface area (Å²) in [5.74, 6) is 0.524. The van der Waals surface area contributed by atoms with Crippen molar-refractivity contribution in [2.45, 2.75) is 24.7 Å². The van der Waals surface area contributed by atoms with Crippen LogP contribution in [0, 0.1) is 5.82 Å². The van der Waals surface area contributed by atoms with Crippen LogP contribution < -0.4 is 10.2 Å². The number of aromatic nitrogens is 1. The van der Waals surface area contributed by atoms with E-state index in [0.29, 0.717) is 18.7 Å². The van der Waals surface area contributed by atoms with Gasteiger partial charge in [0.1, 0.15) is 5.82 Å². The molecule has 32 heavy (non-hydrogen) atoms. The minimum absolute atomic E-state index is 0.0689. The van der Waals surface area contributed by atoms with Gasteiger partial charge in [-0.25, -0.2) is 9.37 Å². The van der Waals surface area contributed by atoms with Gasteiger partial charge in [0, 0.05) is 56.3 Å². The van der Waals surface area contributed by atoms with E-state index in [-0.39, 0.29) is 11.7 Å². The molecule has 170 valence electrons. The molecule has 8 heteroatoms. The van der Waals surface area contributed by atoms with Crippen LogP contribution in [-0.2, 0) is 11.2 Å². The molecule has 5 nitrogen and oxygen atoms in total. The van der Waals surface area contributed by atoms with E-state index in [1.165, 1.54) is 22.4 Å². The molecular formula is C24H29FN4OS2. The van der Waals surface area contributed by atoms with Crippen molar-refractivity contribution < 1.29 is 9.18 Å². The number of hydrogen-bond donors (Lipinski definition) is 1. The highest BCUT2D eigenvalue weighted by Crippen LogP contribution is 2.31. The van der Waals surface area contributed by atoms with Gasteiger partial charge in [0.15, 0.2) is 5.13 Å². The number of thiazole rings is 1. The summed E-state index contributed by atoms with van der Waals surface area (Å²) in [6.07, 6.45) is 1.47. The molecule has 1 aliphatic heterocycles. The molecule has 0 spiro atoms. The van der Waals surface area contributed by atoms with Crippen molar-refractivity contribution in [2.24, 2.45) is 0 Å². The maximum Gasteiger partial charge on any atom is 0.220 e. The summed E-state index contributed by atoms with van der Waals surface area (Å²) in [5, 5.41) is 4.14. The number of para-hydroxylation sites is 1. The Labute approximate surface area is 197 Å². The molecule has 0 radical (unpaired) electrons. The van der Waals surface area contributed by atoms with E-state index in [4.69, 9.17) is 4.98 Å². The van der Waals surface area contributed by atoms with Gasteiger partial charge in [0.05, 0.1) is 10.2 Å². The van der Waals surface area contributed by atoms with Crippen LogP contribution in [0.25, 0.3) is 10.2 Å². The number of nitrogens with zero attached hydrogens (tertiary/aromatic N) is 3. The van der Waals surface area contributed by atoms with Gasteiger partial charge >= 0.3 is 0 Å². The number of carbonyl (C=O) groups is 1. The Kier molecular flexibility index (Phi) is 8.00. The fourth-order valence-corrected chi connectivity index (χ4v) is 5.73. The molecule has 1 fully saturated rings. The largest absolute Gasteiger partial charge is 0.355 e. The first-order valence-corrected chi connectivity index (χ1v) is 12.9. The molecule has 0 atom stereocenters. The Bertz CT molecular complexity index is 1030. The Morgan fingerprint density at radius 2 is 1.94 bits per heavy atom. The van der Waals surface area contributed by atoms with E-state index in [1.807, 2.05) is 0 Å². The summed E-state index contributed by atoms with van der Waals surface area (Å²) in [7, 11) is 0. The van der Waals surface area contributed by atoms with Gasteiger partial charge in [-0.1, -0.05) is 30.4 Å². The van der Waals surface area contributed by atoms with Crippen LogP contribution in [-0.4, -0.2) is 60.8 Å². The van der Waals surface area contributed by atoms with Crippen LogP contribution >= 0.6 is 23.1 Å². The van der Waals surface area contributed by atoms with Crippen molar-refractivity contribution in [1.82, 2.24) is 15.2 Å². The number of piperazine rings is 1. The molecule has 0 unspecified atom stereocenters. The third-order valence-electron chi connectivity index (χ3n) is 5.68. The summed E-state index contributed by atoms with van der Waals surface area (Å²) in [4.78, 5) is 22.8. The predicted molar refractivity (Wildman–Crippen MR) is 132 cm³/mol. The number of benzene rings is 2. The first-order valence-electron chi connectivity index (χ1n) is 11.1. The minimum Gasteiger partial charge on any atom is -0.355 e. The SMILES string of the molecule is CCc1cccc2sc(N3CCN(CCNC(=O)CCSc4ccc(F)cc4)CC3)nc12. The number of halogens is 1. The standard InChI is InChI=1S/C24H29FN4OS2/c1-2-18-4-3-5-21-23(18)27-24(32-21)29-15-13-28(14-16-29)12-11-26-22(30)10-17-31-20-8-6-19(25)7-9-20/h3-9H,2,10-17H2,1H3,(H,26,30). The zero-order chi connectivity index (χ0) is 22.3. The van der Waals surface area contributed by atoms with Crippen molar-refractivity contribution in [1.29, 1.82) is 0 Å². The smallest absolute Gasteiger partial charge is 0.220 e. The minimum atomic E-state index is -0.237. The average molecular weight is 473 g/mol. The predicted octanol–water partition coefficient (Wildman–Crippen LogP) is 4.42. The molecule has 0 saturated carbocycles. The van der Waals surface area contributed by atoms with Gasteiger partial charge in [0.2, 0.25) is 5.91 Å². The van der Waals surface area contributed by atoms with Crippen LogP contribution in [0.15, 0.2) is 47.4 Å². The third-order valence-corrected chi connectivity index (χ3v) is 7.77. The van der Waals surface area contributed by atoms with Crippen molar-refractivity contribution in [2.75, 3.05) is 49.9 Å². The van der Waals surface area contributed by atoms with Crippen molar-refractivity contribution >= 4 is 44.4 Å². The van der Waals surface area contributed by atoms with E-state index in [0.717, 1.165) is 54.7 Å². The lowest BCUT2D eigenvalue weighted by molar-refractivity contribution is -0.120. The molecule has 2 heterocycles. The second-order valence-corrected chi connectivity index (χ2v) is 10.0. The van der Waals surface area contributed by atoms with Crippen LogP contribution in [0.4, 0.5) is 9.52 Å². The normalized spacial score (nSPS) is 14.8. The molecule has 3 aromatic rings. The summed E-state index contributed by atoms with van der Waals surface area (Å²) in [6, 6.07) is 12.8. The fourth-order valence-electron chi connectivity index (χ4n) is 3.81. The zero-order valence-electron chi connectivity index (χ0n) is 18.3. The molecule has 0 bridgehead atoms. The van der Waals surface area contributed by atoms with Crippen LogP contribution in [0.3, 0.4) is 0 Å². The van der Waals surface area contributed by atoms with E-state index in [1.54, 1.807) is 35.2 Å². The Balaban J connectivity index is 1.15. The number of carbonyl (C=O) groups excluding carboxylic acids is 1. The van der Waals surface area contributed by atoms with Gasteiger partial charge in [-0.05, 0) is 42.3 Å². The van der Waals surface area contributed by atoms with E-state index >= 15 is 0 Å². The lowest BCUT2D eigenvalue weighted by atomic mass is 10.1. The highest BCUT2D eigenvalue weighted by atomic mass is 32.2. The number of anilines is 1. The Hall–Kier alpha value is -2.16. The topological polar surface area (TPSA) is 48.5 Å². The van der Waals surface area contributed by atoms with E-state index in [9.17, 15) is 9.18 Å². The number of aryl methyl sites for hydroxylation is 1. The molecule has 1 N–H and O–H groups in total. The molecule has 1 aromatic heterocycles. The van der Waals surface area contributed by atoms with E-state index in [2.05, 4.69) is 40.2 Å². The molecule has 0 aliphatic carbocycles. The lowest BCUT2D eigenvalue weighted by Crippen LogP contribution is -2.48. The van der Waals surface area contributed by atoms with Gasteiger partial charge in [-0.3, -0.25) is 9.69 Å².